The summed E-state index contributed by atoms with van der Waals surface area (Å²) in [6, 6.07) is 16.9. The van der Waals surface area contributed by atoms with Crippen molar-refractivity contribution in [3.8, 4) is 17.6 Å². The van der Waals surface area contributed by atoms with E-state index in [9.17, 15) is 5.11 Å². The molecule has 2 aromatic rings. The third kappa shape index (κ3) is 7.88. The fraction of sp³-hybridized carbons (Fsp3) is 0.381. The molecule has 5 nitrogen and oxygen atoms in total. The summed E-state index contributed by atoms with van der Waals surface area (Å²) in [5, 5.41) is 22.3. The van der Waals surface area contributed by atoms with Crippen LogP contribution in [0.2, 0.25) is 0 Å². The molecule has 0 fully saturated rings. The minimum absolute atomic E-state index is 0. The summed E-state index contributed by atoms with van der Waals surface area (Å²) >= 11 is 0. The summed E-state index contributed by atoms with van der Waals surface area (Å²) < 4.78 is 10.7. The van der Waals surface area contributed by atoms with Crippen molar-refractivity contribution in [2.45, 2.75) is 31.9 Å². The molecule has 0 radical (unpaired) electrons. The van der Waals surface area contributed by atoms with Crippen LogP contribution in [0, 0.1) is 11.3 Å². The van der Waals surface area contributed by atoms with Crippen molar-refractivity contribution in [2.24, 2.45) is 0 Å². The Balaban J connectivity index is 0.00000364. The lowest BCUT2D eigenvalue weighted by atomic mass is 9.94. The lowest BCUT2D eigenvalue weighted by molar-refractivity contribution is 0.0988. The van der Waals surface area contributed by atoms with Crippen LogP contribution in [0.4, 0.5) is 0 Å². The van der Waals surface area contributed by atoms with Crippen LogP contribution in [0.15, 0.2) is 48.5 Å². The number of nitrogens with one attached hydrogen (secondary N) is 1. The summed E-state index contributed by atoms with van der Waals surface area (Å²) in [5.41, 5.74) is 1.62. The standard InChI is InChI=1S/C21H26N2O3.ClH/c1-21(2,12-16-4-8-19(25-3)9-5-16)23-14-18(24)15-26-20-10-6-17(13-22)7-11-20;/h4-11,18,23-24H,12,14-15H2,1-3H3;1H. The Hall–Kier alpha value is -2.26. The summed E-state index contributed by atoms with van der Waals surface area (Å²) in [5.74, 6) is 1.48. The number of ether oxygens (including phenoxy) is 2. The minimum atomic E-state index is -0.624. The van der Waals surface area contributed by atoms with Crippen LogP contribution in [0.25, 0.3) is 0 Å². The first kappa shape index (κ1) is 22.8. The van der Waals surface area contributed by atoms with Crippen molar-refractivity contribution >= 4 is 12.4 Å². The number of rotatable bonds is 9. The Morgan fingerprint density at radius 3 is 2.22 bits per heavy atom. The molecule has 1 atom stereocenters. The van der Waals surface area contributed by atoms with Crippen LogP contribution in [0.3, 0.4) is 0 Å². The van der Waals surface area contributed by atoms with Crippen LogP contribution in [-0.4, -0.2) is 37.0 Å². The Morgan fingerprint density at radius 1 is 1.07 bits per heavy atom. The van der Waals surface area contributed by atoms with E-state index in [1.54, 1.807) is 31.4 Å². The van der Waals surface area contributed by atoms with E-state index in [0.29, 0.717) is 17.9 Å². The van der Waals surface area contributed by atoms with Gasteiger partial charge in [-0.3, -0.25) is 0 Å². The maximum atomic E-state index is 10.2. The molecule has 0 spiro atoms. The number of β-amino-alcohol motifs (C(OH)–C–C–N with tert-alkyl or cyclic N) is 1. The van der Waals surface area contributed by atoms with Crippen molar-refractivity contribution in [1.82, 2.24) is 5.32 Å². The summed E-state index contributed by atoms with van der Waals surface area (Å²) in [4.78, 5) is 0. The van der Waals surface area contributed by atoms with Gasteiger partial charge in [0, 0.05) is 12.1 Å². The predicted octanol–water partition coefficient (Wildman–Crippen LogP) is 3.34. The molecule has 2 rings (SSSR count). The summed E-state index contributed by atoms with van der Waals surface area (Å²) in [6.45, 7) is 4.83. The highest BCUT2D eigenvalue weighted by Crippen LogP contribution is 2.17. The number of hydrogen-bond acceptors (Lipinski definition) is 5. The Morgan fingerprint density at radius 2 is 1.67 bits per heavy atom. The second kappa shape index (κ2) is 10.8. The first-order chi connectivity index (χ1) is 12.4. The smallest absolute Gasteiger partial charge is 0.119 e. The van der Waals surface area contributed by atoms with Gasteiger partial charge in [-0.15, -0.1) is 12.4 Å². The maximum Gasteiger partial charge on any atom is 0.119 e. The molecule has 1 unspecified atom stereocenters. The number of aliphatic hydroxyl groups is 1. The van der Waals surface area contributed by atoms with E-state index in [4.69, 9.17) is 14.7 Å². The van der Waals surface area contributed by atoms with Gasteiger partial charge in [-0.2, -0.15) is 5.26 Å². The largest absolute Gasteiger partial charge is 0.497 e. The monoisotopic (exact) mass is 390 g/mol. The van der Waals surface area contributed by atoms with Gasteiger partial charge in [0.1, 0.15) is 24.2 Å². The number of methoxy groups -OCH3 is 1. The van der Waals surface area contributed by atoms with E-state index >= 15 is 0 Å². The molecular formula is C21H27ClN2O3. The lowest BCUT2D eigenvalue weighted by Crippen LogP contribution is -2.46. The van der Waals surface area contributed by atoms with E-state index in [2.05, 4.69) is 25.2 Å². The molecule has 2 aromatic carbocycles. The van der Waals surface area contributed by atoms with E-state index in [1.165, 1.54) is 5.56 Å². The van der Waals surface area contributed by atoms with Crippen molar-refractivity contribution in [3.05, 3.63) is 59.7 Å². The molecule has 0 heterocycles. The zero-order valence-corrected chi connectivity index (χ0v) is 16.8. The fourth-order valence-corrected chi connectivity index (χ4v) is 2.59. The number of nitrogens with zero attached hydrogens (tertiary/aromatic N) is 1. The molecule has 0 aliphatic heterocycles. The molecule has 0 bridgehead atoms. The highest BCUT2D eigenvalue weighted by molar-refractivity contribution is 5.85. The van der Waals surface area contributed by atoms with Crippen LogP contribution >= 0.6 is 12.4 Å². The molecule has 0 saturated heterocycles. The van der Waals surface area contributed by atoms with Crippen molar-refractivity contribution in [3.63, 3.8) is 0 Å². The van der Waals surface area contributed by atoms with E-state index in [-0.39, 0.29) is 24.6 Å². The lowest BCUT2D eigenvalue weighted by Gasteiger charge is -2.28. The van der Waals surface area contributed by atoms with Crippen LogP contribution in [0.5, 0.6) is 11.5 Å². The normalized spacial score (nSPS) is 11.8. The average Bonchev–Trinajstić information content (AvgIpc) is 2.65. The SMILES string of the molecule is COc1ccc(CC(C)(C)NCC(O)COc2ccc(C#N)cc2)cc1.Cl. The summed E-state index contributed by atoms with van der Waals surface area (Å²) in [7, 11) is 1.65. The van der Waals surface area contributed by atoms with Crippen LogP contribution in [0.1, 0.15) is 25.0 Å². The summed E-state index contributed by atoms with van der Waals surface area (Å²) in [6.07, 6.45) is 0.209. The highest BCUT2D eigenvalue weighted by Gasteiger charge is 2.19. The van der Waals surface area contributed by atoms with Gasteiger partial charge in [-0.05, 0) is 62.2 Å². The van der Waals surface area contributed by atoms with Gasteiger partial charge >= 0.3 is 0 Å². The second-order valence-corrected chi connectivity index (χ2v) is 6.89. The topological polar surface area (TPSA) is 74.5 Å². The number of halogens is 1. The number of hydrogen-bond donors (Lipinski definition) is 2. The second-order valence-electron chi connectivity index (χ2n) is 6.89. The van der Waals surface area contributed by atoms with Gasteiger partial charge in [0.05, 0.1) is 18.7 Å². The fourth-order valence-electron chi connectivity index (χ4n) is 2.59. The van der Waals surface area contributed by atoms with Gasteiger partial charge in [-0.25, -0.2) is 0 Å². The molecule has 0 aliphatic carbocycles. The molecule has 0 amide bonds. The average molecular weight is 391 g/mol. The molecule has 0 saturated carbocycles. The van der Waals surface area contributed by atoms with Crippen LogP contribution in [-0.2, 0) is 6.42 Å². The molecule has 2 N–H and O–H groups in total. The Labute approximate surface area is 167 Å². The minimum Gasteiger partial charge on any atom is -0.497 e. The predicted molar refractivity (Wildman–Crippen MR) is 109 cm³/mol. The van der Waals surface area contributed by atoms with E-state index < -0.39 is 6.10 Å². The first-order valence-electron chi connectivity index (χ1n) is 8.61. The number of nitriles is 1. The van der Waals surface area contributed by atoms with Crippen LogP contribution < -0.4 is 14.8 Å². The molecule has 6 heteroatoms. The molecule has 0 aromatic heterocycles. The third-order valence-corrected chi connectivity index (χ3v) is 4.05. The molecule has 27 heavy (non-hydrogen) atoms. The van der Waals surface area contributed by atoms with Gasteiger partial charge in [0.2, 0.25) is 0 Å². The van der Waals surface area contributed by atoms with Crippen molar-refractivity contribution in [1.29, 1.82) is 5.26 Å². The highest BCUT2D eigenvalue weighted by atomic mass is 35.5. The number of benzene rings is 2. The Bertz CT molecular complexity index is 725. The quantitative estimate of drug-likeness (QED) is 0.686. The Kier molecular flexibility index (Phi) is 9.10. The maximum absolute atomic E-state index is 10.2. The van der Waals surface area contributed by atoms with Crippen molar-refractivity contribution in [2.75, 3.05) is 20.3 Å². The van der Waals surface area contributed by atoms with Gasteiger partial charge in [0.15, 0.2) is 0 Å². The number of aliphatic hydroxyl groups excluding tert-OH is 1. The zero-order chi connectivity index (χ0) is 19.0. The van der Waals surface area contributed by atoms with Gasteiger partial charge in [-0.1, -0.05) is 12.1 Å². The first-order valence-corrected chi connectivity index (χ1v) is 8.61. The van der Waals surface area contributed by atoms with E-state index in [1.807, 2.05) is 24.3 Å². The molecular weight excluding hydrogens is 364 g/mol. The third-order valence-electron chi connectivity index (χ3n) is 4.05. The van der Waals surface area contributed by atoms with Gasteiger partial charge < -0.3 is 19.9 Å². The van der Waals surface area contributed by atoms with Crippen molar-refractivity contribution < 1.29 is 14.6 Å². The molecule has 0 aliphatic rings. The van der Waals surface area contributed by atoms with E-state index in [0.717, 1.165) is 12.2 Å². The zero-order valence-electron chi connectivity index (χ0n) is 15.9. The molecule has 146 valence electrons. The van der Waals surface area contributed by atoms with Gasteiger partial charge in [0.25, 0.3) is 0 Å².